The van der Waals surface area contributed by atoms with Crippen molar-refractivity contribution in [3.8, 4) is 0 Å². The number of aliphatic hydroxyl groups excluding tert-OH is 1. The molecular formula is C9H11F3N2O2S. The molecule has 4 nitrogen and oxygen atoms in total. The van der Waals surface area contributed by atoms with E-state index in [0.29, 0.717) is 17.6 Å². The molecule has 0 amide bonds. The lowest BCUT2D eigenvalue weighted by Crippen LogP contribution is -2.30. The Kier molecular flexibility index (Phi) is 3.62. The second-order valence-corrected chi connectivity index (χ2v) is 4.92. The lowest BCUT2D eigenvalue weighted by atomic mass is 10.4. The van der Waals surface area contributed by atoms with Crippen LogP contribution in [0.3, 0.4) is 0 Å². The number of aliphatic hydroxyl groups is 1. The first-order chi connectivity index (χ1) is 7.97. The van der Waals surface area contributed by atoms with Crippen LogP contribution in [0.5, 0.6) is 0 Å². The molecule has 1 aliphatic rings. The highest BCUT2D eigenvalue weighted by molar-refractivity contribution is 7.98. The molecule has 1 N–H and O–H groups in total. The summed E-state index contributed by atoms with van der Waals surface area (Å²) in [7, 11) is 0. The minimum Gasteiger partial charge on any atom is -0.383 e. The van der Waals surface area contributed by atoms with E-state index in [4.69, 9.17) is 9.63 Å². The van der Waals surface area contributed by atoms with Crippen molar-refractivity contribution in [2.45, 2.75) is 36.8 Å². The fourth-order valence-electron chi connectivity index (χ4n) is 1.19. The van der Waals surface area contributed by atoms with Crippen LogP contribution in [-0.4, -0.2) is 33.3 Å². The molecule has 0 aliphatic heterocycles. The van der Waals surface area contributed by atoms with E-state index in [2.05, 4.69) is 10.1 Å². The number of hydrogen-bond acceptors (Lipinski definition) is 5. The molecule has 1 fully saturated rings. The van der Waals surface area contributed by atoms with E-state index in [1.165, 1.54) is 0 Å². The largest absolute Gasteiger partial charge is 0.415 e. The molecular weight excluding hydrogens is 257 g/mol. The summed E-state index contributed by atoms with van der Waals surface area (Å²) >= 11 is 0.921. The minimum absolute atomic E-state index is 0.187. The van der Waals surface area contributed by atoms with E-state index in [9.17, 15) is 13.2 Å². The summed E-state index contributed by atoms with van der Waals surface area (Å²) in [4.78, 5) is 4.07. The number of halogens is 3. The SMILES string of the molecule is OC(CSCc1nc(C2CC2)no1)C(F)(F)F. The van der Waals surface area contributed by atoms with Gasteiger partial charge in [0.15, 0.2) is 11.9 Å². The van der Waals surface area contributed by atoms with Gasteiger partial charge in [-0.25, -0.2) is 0 Å². The van der Waals surface area contributed by atoms with Crippen LogP contribution in [0, 0.1) is 0 Å². The molecule has 1 atom stereocenters. The predicted octanol–water partition coefficient (Wildman–Crippen LogP) is 2.10. The normalized spacial score (nSPS) is 18.4. The number of hydrogen-bond donors (Lipinski definition) is 1. The number of alkyl halides is 3. The lowest BCUT2D eigenvalue weighted by Gasteiger charge is -2.12. The molecule has 1 saturated carbocycles. The Morgan fingerprint density at radius 3 is 2.76 bits per heavy atom. The fraction of sp³-hybridized carbons (Fsp3) is 0.778. The highest BCUT2D eigenvalue weighted by atomic mass is 32.2. The van der Waals surface area contributed by atoms with Crippen molar-refractivity contribution in [3.63, 3.8) is 0 Å². The van der Waals surface area contributed by atoms with Crippen LogP contribution in [0.25, 0.3) is 0 Å². The van der Waals surface area contributed by atoms with E-state index in [1.807, 2.05) is 0 Å². The maximum Gasteiger partial charge on any atom is 0.415 e. The Morgan fingerprint density at radius 1 is 1.47 bits per heavy atom. The molecule has 0 radical (unpaired) electrons. The van der Waals surface area contributed by atoms with Crippen LogP contribution in [0.1, 0.15) is 30.5 Å². The third-order valence-electron chi connectivity index (χ3n) is 2.31. The third-order valence-corrected chi connectivity index (χ3v) is 3.31. The van der Waals surface area contributed by atoms with Crippen LogP contribution in [0.2, 0.25) is 0 Å². The molecule has 2 rings (SSSR count). The highest BCUT2D eigenvalue weighted by Crippen LogP contribution is 2.38. The molecule has 0 bridgehead atoms. The van der Waals surface area contributed by atoms with Crippen molar-refractivity contribution < 1.29 is 22.8 Å². The molecule has 1 aliphatic carbocycles. The van der Waals surface area contributed by atoms with Crippen LogP contribution in [0.4, 0.5) is 13.2 Å². The van der Waals surface area contributed by atoms with Gasteiger partial charge in [0.05, 0.1) is 5.75 Å². The molecule has 0 aromatic carbocycles. The van der Waals surface area contributed by atoms with Crippen LogP contribution in [0.15, 0.2) is 4.52 Å². The summed E-state index contributed by atoms with van der Waals surface area (Å²) in [6.07, 6.45) is -4.79. The number of nitrogens with zero attached hydrogens (tertiary/aromatic N) is 2. The van der Waals surface area contributed by atoms with Crippen molar-refractivity contribution >= 4 is 11.8 Å². The zero-order chi connectivity index (χ0) is 12.5. The maximum absolute atomic E-state index is 12.0. The van der Waals surface area contributed by atoms with Crippen LogP contribution < -0.4 is 0 Å². The Labute approximate surface area is 99.6 Å². The Bertz CT molecular complexity index is 379. The molecule has 1 unspecified atom stereocenters. The summed E-state index contributed by atoms with van der Waals surface area (Å²) < 4.78 is 40.8. The standard InChI is InChI=1S/C9H11F3N2O2S/c10-9(11,12)6(15)3-17-4-7-13-8(14-16-7)5-1-2-5/h5-6,15H,1-4H2. The average molecular weight is 268 g/mol. The van der Waals surface area contributed by atoms with Crippen molar-refractivity contribution in [2.75, 3.05) is 5.75 Å². The maximum atomic E-state index is 12.0. The molecule has 1 aromatic rings. The molecule has 17 heavy (non-hydrogen) atoms. The number of aromatic nitrogens is 2. The van der Waals surface area contributed by atoms with Crippen LogP contribution in [-0.2, 0) is 5.75 Å². The molecule has 8 heteroatoms. The van der Waals surface area contributed by atoms with E-state index in [-0.39, 0.29) is 5.75 Å². The van der Waals surface area contributed by atoms with Gasteiger partial charge in [-0.1, -0.05) is 5.16 Å². The molecule has 0 saturated heterocycles. The summed E-state index contributed by atoms with van der Waals surface area (Å²) in [5.41, 5.74) is 0. The summed E-state index contributed by atoms with van der Waals surface area (Å²) in [5.74, 6) is 1.07. The third kappa shape index (κ3) is 3.60. The van der Waals surface area contributed by atoms with Crippen molar-refractivity contribution in [2.24, 2.45) is 0 Å². The van der Waals surface area contributed by atoms with Gasteiger partial charge in [0, 0.05) is 11.7 Å². The topological polar surface area (TPSA) is 59.2 Å². The zero-order valence-corrected chi connectivity index (χ0v) is 9.59. The predicted molar refractivity (Wildman–Crippen MR) is 54.5 cm³/mol. The van der Waals surface area contributed by atoms with E-state index in [1.54, 1.807) is 0 Å². The van der Waals surface area contributed by atoms with Gasteiger partial charge in [0.2, 0.25) is 5.89 Å². The number of rotatable bonds is 5. The Morgan fingerprint density at radius 2 is 2.18 bits per heavy atom. The van der Waals surface area contributed by atoms with Crippen molar-refractivity contribution in [1.29, 1.82) is 0 Å². The van der Waals surface area contributed by atoms with E-state index >= 15 is 0 Å². The van der Waals surface area contributed by atoms with E-state index < -0.39 is 18.0 Å². The van der Waals surface area contributed by atoms with Gasteiger partial charge in [-0.15, -0.1) is 11.8 Å². The minimum atomic E-state index is -4.57. The summed E-state index contributed by atoms with van der Waals surface area (Å²) in [6, 6.07) is 0. The molecule has 0 spiro atoms. The molecule has 1 heterocycles. The quantitative estimate of drug-likeness (QED) is 0.886. The second-order valence-electron chi connectivity index (χ2n) is 3.89. The zero-order valence-electron chi connectivity index (χ0n) is 8.78. The first-order valence-corrected chi connectivity index (χ1v) is 6.27. The highest BCUT2D eigenvalue weighted by Gasteiger charge is 2.37. The Hall–Kier alpha value is -0.760. The Balaban J connectivity index is 1.74. The molecule has 1 aromatic heterocycles. The summed E-state index contributed by atoms with van der Waals surface area (Å²) in [6.45, 7) is 0. The smallest absolute Gasteiger partial charge is 0.383 e. The average Bonchev–Trinajstić information content (AvgIpc) is 2.98. The fourth-order valence-corrected chi connectivity index (χ4v) is 2.01. The van der Waals surface area contributed by atoms with Crippen molar-refractivity contribution in [3.05, 3.63) is 11.7 Å². The van der Waals surface area contributed by atoms with Gasteiger partial charge in [0.1, 0.15) is 0 Å². The number of thioether (sulfide) groups is 1. The first-order valence-electron chi connectivity index (χ1n) is 5.12. The second kappa shape index (κ2) is 4.85. The van der Waals surface area contributed by atoms with Crippen LogP contribution >= 0.6 is 11.8 Å². The van der Waals surface area contributed by atoms with Gasteiger partial charge in [-0.2, -0.15) is 18.2 Å². The van der Waals surface area contributed by atoms with Gasteiger partial charge in [-0.3, -0.25) is 0 Å². The van der Waals surface area contributed by atoms with E-state index in [0.717, 1.165) is 24.6 Å². The van der Waals surface area contributed by atoms with Gasteiger partial charge in [-0.05, 0) is 12.8 Å². The lowest BCUT2D eigenvalue weighted by molar-refractivity contribution is -0.195. The van der Waals surface area contributed by atoms with Crippen molar-refractivity contribution in [1.82, 2.24) is 10.1 Å². The van der Waals surface area contributed by atoms with Gasteiger partial charge < -0.3 is 9.63 Å². The van der Waals surface area contributed by atoms with Gasteiger partial charge >= 0.3 is 6.18 Å². The first kappa shape index (κ1) is 12.7. The van der Waals surface area contributed by atoms with Gasteiger partial charge in [0.25, 0.3) is 0 Å². The summed E-state index contributed by atoms with van der Waals surface area (Å²) in [5, 5.41) is 12.5. The monoisotopic (exact) mass is 268 g/mol. The molecule has 96 valence electrons.